The number of hydrogen-bond donors (Lipinski definition) is 1. The Morgan fingerprint density at radius 3 is 2.61 bits per heavy atom. The van der Waals surface area contributed by atoms with Crippen LogP contribution in [0.3, 0.4) is 0 Å². The molecular weight excluding hydrogens is 292 g/mol. The minimum atomic E-state index is -0.495. The highest BCUT2D eigenvalue weighted by Crippen LogP contribution is 2.23. The number of unbranched alkanes of at least 4 members (excludes halogenated alkanes) is 6. The van der Waals surface area contributed by atoms with Crippen molar-refractivity contribution < 1.29 is 19.1 Å². The molecule has 1 atom stereocenters. The van der Waals surface area contributed by atoms with Crippen LogP contribution in [0.4, 0.5) is 0 Å². The van der Waals surface area contributed by atoms with E-state index in [2.05, 4.69) is 11.7 Å². The van der Waals surface area contributed by atoms with Gasteiger partial charge < -0.3 is 14.3 Å². The zero-order valence-corrected chi connectivity index (χ0v) is 14.7. The highest BCUT2D eigenvalue weighted by atomic mass is 16.5. The minimum Gasteiger partial charge on any atom is -0.469 e. The Kier molecular flexibility index (Phi) is 10.5. The summed E-state index contributed by atoms with van der Waals surface area (Å²) in [6, 6.07) is 3.89. The molecule has 0 aliphatic heterocycles. The number of esters is 1. The zero-order chi connectivity index (χ0) is 16.9. The van der Waals surface area contributed by atoms with Crippen LogP contribution in [0.15, 0.2) is 16.5 Å². The lowest BCUT2D eigenvalue weighted by atomic mass is 10.1. The maximum atomic E-state index is 11.0. The summed E-state index contributed by atoms with van der Waals surface area (Å²) < 4.78 is 10.3. The number of aliphatic hydroxyl groups excluding tert-OH is 1. The summed E-state index contributed by atoms with van der Waals surface area (Å²) in [5.41, 5.74) is 0. The van der Waals surface area contributed by atoms with Gasteiger partial charge in [0.25, 0.3) is 0 Å². The molecule has 4 heteroatoms. The molecule has 0 saturated heterocycles. The third-order valence-corrected chi connectivity index (χ3v) is 4.12. The number of rotatable bonds is 13. The Hall–Kier alpha value is -1.29. The van der Waals surface area contributed by atoms with Gasteiger partial charge in [0.15, 0.2) is 0 Å². The molecule has 1 unspecified atom stereocenters. The van der Waals surface area contributed by atoms with Crippen molar-refractivity contribution in [2.75, 3.05) is 7.11 Å². The first kappa shape index (κ1) is 19.8. The molecule has 0 aromatic carbocycles. The van der Waals surface area contributed by atoms with Crippen LogP contribution >= 0.6 is 0 Å². The van der Waals surface area contributed by atoms with Crippen LogP contribution in [0.1, 0.15) is 88.8 Å². The Balaban J connectivity index is 2.09. The second-order valence-corrected chi connectivity index (χ2v) is 6.16. The van der Waals surface area contributed by atoms with Crippen LogP contribution in [-0.2, 0) is 16.0 Å². The van der Waals surface area contributed by atoms with Crippen molar-refractivity contribution in [1.29, 1.82) is 0 Å². The number of hydrogen-bond acceptors (Lipinski definition) is 4. The van der Waals surface area contributed by atoms with E-state index in [9.17, 15) is 9.90 Å². The van der Waals surface area contributed by atoms with Crippen molar-refractivity contribution >= 4 is 5.97 Å². The Morgan fingerprint density at radius 1 is 1.13 bits per heavy atom. The minimum absolute atomic E-state index is 0.131. The Labute approximate surface area is 140 Å². The van der Waals surface area contributed by atoms with Crippen LogP contribution in [0.2, 0.25) is 0 Å². The molecule has 1 rings (SSSR count). The summed E-state index contributed by atoms with van der Waals surface area (Å²) in [5, 5.41) is 10.2. The molecule has 132 valence electrons. The molecule has 0 spiro atoms. The van der Waals surface area contributed by atoms with Gasteiger partial charge in [0.2, 0.25) is 0 Å². The summed E-state index contributed by atoms with van der Waals surface area (Å²) in [6.07, 6.45) is 10.3. The van der Waals surface area contributed by atoms with Gasteiger partial charge in [0.05, 0.1) is 7.11 Å². The number of methoxy groups -OCH3 is 1. The Bertz CT molecular complexity index is 425. The van der Waals surface area contributed by atoms with E-state index in [1.165, 1.54) is 20.0 Å². The molecule has 23 heavy (non-hydrogen) atoms. The van der Waals surface area contributed by atoms with E-state index in [0.29, 0.717) is 12.2 Å². The molecule has 0 aliphatic rings. The van der Waals surface area contributed by atoms with E-state index in [1.54, 1.807) is 0 Å². The predicted octanol–water partition coefficient (Wildman–Crippen LogP) is 4.95. The number of aryl methyl sites for hydroxylation is 1. The maximum Gasteiger partial charge on any atom is 0.305 e. The summed E-state index contributed by atoms with van der Waals surface area (Å²) in [5.74, 6) is 1.55. The molecule has 1 N–H and O–H groups in total. The average molecular weight is 324 g/mol. The quantitative estimate of drug-likeness (QED) is 0.412. The number of aliphatic hydroxyl groups is 1. The van der Waals surface area contributed by atoms with Gasteiger partial charge >= 0.3 is 5.97 Å². The van der Waals surface area contributed by atoms with E-state index in [0.717, 1.165) is 57.1 Å². The van der Waals surface area contributed by atoms with Gasteiger partial charge in [-0.25, -0.2) is 0 Å². The van der Waals surface area contributed by atoms with Gasteiger partial charge in [-0.2, -0.15) is 0 Å². The SMILES string of the molecule is CCCCCc1ccc(C(O)CCCCCCCC(=O)OC)o1. The van der Waals surface area contributed by atoms with E-state index >= 15 is 0 Å². The van der Waals surface area contributed by atoms with E-state index < -0.39 is 6.10 Å². The van der Waals surface area contributed by atoms with E-state index in [1.807, 2.05) is 12.1 Å². The highest BCUT2D eigenvalue weighted by Gasteiger charge is 2.12. The van der Waals surface area contributed by atoms with Crippen LogP contribution in [0.5, 0.6) is 0 Å². The fourth-order valence-electron chi connectivity index (χ4n) is 2.64. The van der Waals surface area contributed by atoms with Crippen LogP contribution in [-0.4, -0.2) is 18.2 Å². The van der Waals surface area contributed by atoms with E-state index in [4.69, 9.17) is 4.42 Å². The average Bonchev–Trinajstić information content (AvgIpc) is 3.02. The molecule has 1 aromatic rings. The number of ether oxygens (including phenoxy) is 1. The second kappa shape index (κ2) is 12.2. The molecule has 0 saturated carbocycles. The Morgan fingerprint density at radius 2 is 1.87 bits per heavy atom. The molecule has 0 bridgehead atoms. The van der Waals surface area contributed by atoms with Crippen molar-refractivity contribution in [3.8, 4) is 0 Å². The number of furan rings is 1. The van der Waals surface area contributed by atoms with E-state index in [-0.39, 0.29) is 5.97 Å². The molecule has 0 fully saturated rings. The molecule has 1 heterocycles. The summed E-state index contributed by atoms with van der Waals surface area (Å²) in [7, 11) is 1.42. The first-order chi connectivity index (χ1) is 11.2. The van der Waals surface area contributed by atoms with Crippen molar-refractivity contribution in [2.45, 2.75) is 83.7 Å². The van der Waals surface area contributed by atoms with Gasteiger partial charge in [0, 0.05) is 12.8 Å². The highest BCUT2D eigenvalue weighted by molar-refractivity contribution is 5.68. The zero-order valence-electron chi connectivity index (χ0n) is 14.7. The first-order valence-electron chi connectivity index (χ1n) is 9.00. The smallest absolute Gasteiger partial charge is 0.305 e. The molecule has 0 amide bonds. The largest absolute Gasteiger partial charge is 0.469 e. The lowest BCUT2D eigenvalue weighted by Crippen LogP contribution is -1.99. The summed E-state index contributed by atoms with van der Waals surface area (Å²) in [6.45, 7) is 2.19. The van der Waals surface area contributed by atoms with Crippen molar-refractivity contribution in [1.82, 2.24) is 0 Å². The first-order valence-corrected chi connectivity index (χ1v) is 9.00. The standard InChI is InChI=1S/C19H32O4/c1-3-4-8-11-16-14-15-18(23-16)17(20)12-9-6-5-7-10-13-19(21)22-2/h14-15,17,20H,3-13H2,1-2H3. The molecule has 1 aromatic heterocycles. The van der Waals surface area contributed by atoms with Crippen LogP contribution < -0.4 is 0 Å². The lowest BCUT2D eigenvalue weighted by Gasteiger charge is -2.07. The third kappa shape index (κ3) is 8.80. The predicted molar refractivity (Wildman–Crippen MR) is 91.2 cm³/mol. The van der Waals surface area contributed by atoms with Gasteiger partial charge in [-0.1, -0.05) is 45.4 Å². The molecule has 0 aliphatic carbocycles. The maximum absolute atomic E-state index is 11.0. The molecule has 4 nitrogen and oxygen atoms in total. The third-order valence-electron chi connectivity index (χ3n) is 4.12. The van der Waals surface area contributed by atoms with Gasteiger partial charge in [-0.15, -0.1) is 0 Å². The van der Waals surface area contributed by atoms with Gasteiger partial charge in [-0.05, 0) is 31.4 Å². The number of carbonyl (C=O) groups excluding carboxylic acids is 1. The molecular formula is C19H32O4. The van der Waals surface area contributed by atoms with Crippen LogP contribution in [0, 0.1) is 0 Å². The topological polar surface area (TPSA) is 59.7 Å². The van der Waals surface area contributed by atoms with Gasteiger partial charge in [0.1, 0.15) is 17.6 Å². The normalized spacial score (nSPS) is 12.3. The van der Waals surface area contributed by atoms with Crippen molar-refractivity contribution in [2.24, 2.45) is 0 Å². The second-order valence-electron chi connectivity index (χ2n) is 6.16. The van der Waals surface area contributed by atoms with Crippen LogP contribution in [0.25, 0.3) is 0 Å². The fourth-order valence-corrected chi connectivity index (χ4v) is 2.64. The number of carbonyl (C=O) groups is 1. The lowest BCUT2D eigenvalue weighted by molar-refractivity contribution is -0.140. The summed E-state index contributed by atoms with van der Waals surface area (Å²) >= 11 is 0. The molecule has 0 radical (unpaired) electrons. The van der Waals surface area contributed by atoms with Gasteiger partial charge in [-0.3, -0.25) is 4.79 Å². The van der Waals surface area contributed by atoms with Crippen molar-refractivity contribution in [3.05, 3.63) is 23.7 Å². The monoisotopic (exact) mass is 324 g/mol. The fraction of sp³-hybridized carbons (Fsp3) is 0.737. The van der Waals surface area contributed by atoms with Crippen molar-refractivity contribution in [3.63, 3.8) is 0 Å². The summed E-state index contributed by atoms with van der Waals surface area (Å²) in [4.78, 5) is 11.0.